The Balaban J connectivity index is 0.000000367. The first-order valence-electron chi connectivity index (χ1n) is 19.5. The molecule has 1 aliphatic carbocycles. The molecular weight excluding hydrogens is 741 g/mol. The molecule has 3 nitrogen and oxygen atoms in total. The Hall–Kier alpha value is -2.40. The number of thioether (sulfide) groups is 2. The molecule has 3 aromatic carbocycles. The first-order chi connectivity index (χ1) is 24.4. The van der Waals surface area contributed by atoms with Crippen LogP contribution in [0.4, 0.5) is 22.7 Å². The Kier molecular flexibility index (Phi) is 17.4. The summed E-state index contributed by atoms with van der Waals surface area (Å²) in [6.07, 6.45) is 7.83. The summed E-state index contributed by atoms with van der Waals surface area (Å²) in [6.45, 7) is 37.9. The molecule has 6 heteroatoms. The number of hydrogen-bond donors (Lipinski definition) is 0. The zero-order valence-electron chi connectivity index (χ0n) is 36.1. The smallest absolute Gasteiger partial charge is 0.000267 e. The number of nitrogens with zero attached hydrogens (tertiary/aromatic N) is 2. The van der Waals surface area contributed by atoms with Gasteiger partial charge in [-0.25, -0.2) is 11.3 Å². The van der Waals surface area contributed by atoms with Gasteiger partial charge in [0.1, 0.15) is 0 Å². The average Bonchev–Trinajstić information content (AvgIpc) is 3.04. The predicted octanol–water partition coefficient (Wildman–Crippen LogP) is 17.2. The molecule has 0 aliphatic heterocycles. The van der Waals surface area contributed by atoms with Gasteiger partial charge < -0.3 is 16.4 Å². The second-order valence-electron chi connectivity index (χ2n) is 18.9. The summed E-state index contributed by atoms with van der Waals surface area (Å²) in [7, 11) is 0. The van der Waals surface area contributed by atoms with E-state index in [1.807, 2.05) is 23.5 Å². The number of rotatable bonds is 10. The van der Waals surface area contributed by atoms with Crippen LogP contribution in [0, 0.1) is 12.8 Å². The van der Waals surface area contributed by atoms with E-state index in [9.17, 15) is 0 Å². The summed E-state index contributed by atoms with van der Waals surface area (Å²) in [5.74, 6) is 2.86. The van der Waals surface area contributed by atoms with Crippen LogP contribution in [-0.4, -0.2) is 11.5 Å². The molecular formula is C48H69N3NiS2-4. The second kappa shape index (κ2) is 19.6. The molecule has 0 fully saturated rings. The number of allylic oxidation sites excluding steroid dienone is 2. The molecule has 0 saturated carbocycles. The van der Waals surface area contributed by atoms with Crippen molar-refractivity contribution in [3.8, 4) is 0 Å². The zero-order chi connectivity index (χ0) is 39.9. The van der Waals surface area contributed by atoms with E-state index in [1.54, 1.807) is 0 Å². The molecule has 1 N–H and O–H groups in total. The van der Waals surface area contributed by atoms with Gasteiger partial charge in [-0.2, -0.15) is 18.3 Å². The molecule has 0 aromatic heterocycles. The van der Waals surface area contributed by atoms with Crippen molar-refractivity contribution in [3.63, 3.8) is 0 Å². The van der Waals surface area contributed by atoms with Gasteiger partial charge in [0.15, 0.2) is 0 Å². The van der Waals surface area contributed by atoms with Crippen molar-refractivity contribution < 1.29 is 16.5 Å². The van der Waals surface area contributed by atoms with Gasteiger partial charge in [0.25, 0.3) is 0 Å². The van der Waals surface area contributed by atoms with Gasteiger partial charge in [-0.15, -0.1) is 52.6 Å². The van der Waals surface area contributed by atoms with Crippen molar-refractivity contribution in [1.29, 1.82) is 0 Å². The third-order valence-corrected chi connectivity index (χ3v) is 11.9. The number of hydrogen-bond acceptors (Lipinski definition) is 2. The van der Waals surface area contributed by atoms with Crippen LogP contribution in [0.3, 0.4) is 0 Å². The van der Waals surface area contributed by atoms with Crippen LogP contribution in [0.1, 0.15) is 151 Å². The van der Waals surface area contributed by atoms with Crippen LogP contribution in [0.5, 0.6) is 0 Å². The van der Waals surface area contributed by atoms with E-state index in [4.69, 9.17) is 16.4 Å². The fourth-order valence-electron chi connectivity index (χ4n) is 5.87. The SMILES string of the molecule is CCCSC1=CCCC=C1[N-]c1cc(C(C)(C)C)cc(C(C)(C)C)c1[NH-].[CH2-]c1c([N-]c2ccccc2SCC(C)C)cc(C(C)(C)C)cc1C(C)(C)C.[Ni]. The van der Waals surface area contributed by atoms with E-state index in [0.717, 1.165) is 64.7 Å². The summed E-state index contributed by atoms with van der Waals surface area (Å²) in [6, 6.07) is 17.3. The fraction of sp³-hybridized carbons (Fsp3) is 0.521. The maximum Gasteiger partial charge on any atom is 0.000267 e. The number of benzene rings is 3. The molecule has 0 amide bonds. The Labute approximate surface area is 350 Å². The molecule has 1 aliphatic rings. The van der Waals surface area contributed by atoms with Gasteiger partial charge in [0, 0.05) is 22.2 Å². The predicted molar refractivity (Wildman–Crippen MR) is 242 cm³/mol. The Morgan fingerprint density at radius 2 is 1.22 bits per heavy atom. The summed E-state index contributed by atoms with van der Waals surface area (Å²) in [5, 5.41) is 10.1. The van der Waals surface area contributed by atoms with Gasteiger partial charge in [-0.1, -0.05) is 163 Å². The second-order valence-corrected chi connectivity index (χ2v) is 21.1. The summed E-state index contributed by atoms with van der Waals surface area (Å²) < 4.78 is 0. The topological polar surface area (TPSA) is 52.0 Å². The molecule has 0 unspecified atom stereocenters. The summed E-state index contributed by atoms with van der Waals surface area (Å²) in [5.41, 5.74) is 19.3. The Morgan fingerprint density at radius 1 is 0.685 bits per heavy atom. The van der Waals surface area contributed by atoms with Gasteiger partial charge in [0.05, 0.1) is 0 Å². The molecule has 4 rings (SSSR count). The van der Waals surface area contributed by atoms with Gasteiger partial charge >= 0.3 is 0 Å². The molecule has 54 heavy (non-hydrogen) atoms. The standard InChI is InChI=1S/C25H35NS.C23H34N2S.Ni/c1-17(2)16-27-23-13-11-10-12-21(23)26-22-15-19(24(4,5)6)14-20(18(22)3)25(7,8)9;1-8-13-26-20-12-10-9-11-18(20)25-19-15-16(22(2,3)4)14-17(21(19)24)23(5,6)7;/h10-15,17H,3,16H2,1-2,4-9H3;11-12,14-15,24H,8-10,13H2,1-7H3;/q2*-2;. The van der Waals surface area contributed by atoms with Crippen molar-refractivity contribution in [2.24, 2.45) is 5.92 Å². The zero-order valence-corrected chi connectivity index (χ0v) is 38.7. The van der Waals surface area contributed by atoms with Gasteiger partial charge in [-0.05, 0) is 68.6 Å². The van der Waals surface area contributed by atoms with Crippen LogP contribution in [-0.2, 0) is 38.2 Å². The number of para-hydroxylation sites is 1. The average molecular weight is 811 g/mol. The van der Waals surface area contributed by atoms with Crippen LogP contribution in [0.15, 0.2) is 76.2 Å². The first-order valence-corrected chi connectivity index (χ1v) is 21.5. The molecule has 0 radical (unpaired) electrons. The maximum atomic E-state index is 8.78. The van der Waals surface area contributed by atoms with E-state index < -0.39 is 0 Å². The van der Waals surface area contributed by atoms with Crippen LogP contribution in [0.2, 0.25) is 0 Å². The molecule has 0 bridgehead atoms. The van der Waals surface area contributed by atoms with E-state index >= 15 is 0 Å². The quantitative estimate of drug-likeness (QED) is 0.116. The fourth-order valence-corrected chi connectivity index (χ4v) is 7.76. The van der Waals surface area contributed by atoms with Crippen LogP contribution >= 0.6 is 23.5 Å². The largest absolute Gasteiger partial charge is 0.715 e. The minimum Gasteiger partial charge on any atom is -0.715 e. The monoisotopic (exact) mass is 809 g/mol. The summed E-state index contributed by atoms with van der Waals surface area (Å²) >= 11 is 3.77. The molecule has 302 valence electrons. The molecule has 0 heterocycles. The third-order valence-electron chi connectivity index (χ3n) is 9.16. The molecule has 0 saturated heterocycles. The Morgan fingerprint density at radius 3 is 1.76 bits per heavy atom. The van der Waals surface area contributed by atoms with Gasteiger partial charge in [0.2, 0.25) is 0 Å². The van der Waals surface area contributed by atoms with Gasteiger partial charge in [-0.3, -0.25) is 0 Å². The van der Waals surface area contributed by atoms with Crippen molar-refractivity contribution >= 4 is 46.3 Å². The van der Waals surface area contributed by atoms with Crippen molar-refractivity contribution in [1.82, 2.24) is 0 Å². The first kappa shape index (κ1) is 47.8. The summed E-state index contributed by atoms with van der Waals surface area (Å²) in [4.78, 5) is 2.51. The number of nitrogens with one attached hydrogen (secondary N) is 1. The van der Waals surface area contributed by atoms with E-state index in [2.05, 4.69) is 171 Å². The van der Waals surface area contributed by atoms with E-state index in [-0.39, 0.29) is 38.2 Å². The van der Waals surface area contributed by atoms with Crippen LogP contribution < -0.4 is 0 Å². The van der Waals surface area contributed by atoms with Crippen LogP contribution in [0.25, 0.3) is 16.4 Å². The molecule has 3 aromatic rings. The van der Waals surface area contributed by atoms with Crippen molar-refractivity contribution in [2.45, 2.75) is 150 Å². The van der Waals surface area contributed by atoms with E-state index in [1.165, 1.54) is 26.5 Å². The minimum atomic E-state index is -0.0702. The van der Waals surface area contributed by atoms with E-state index in [0.29, 0.717) is 11.6 Å². The minimum absolute atomic E-state index is 0. The van der Waals surface area contributed by atoms with Crippen molar-refractivity contribution in [3.05, 3.63) is 122 Å². The van der Waals surface area contributed by atoms with Crippen molar-refractivity contribution in [2.75, 3.05) is 11.5 Å². The molecule has 0 spiro atoms. The third kappa shape index (κ3) is 13.7. The normalized spacial score (nSPS) is 13.7. The molecule has 0 atom stereocenters. The maximum absolute atomic E-state index is 8.78. The Bertz CT molecular complexity index is 1740.